The molecule has 0 heterocycles. The zero-order valence-electron chi connectivity index (χ0n) is 14.1. The Bertz CT molecular complexity index is 545. The average Bonchev–Trinajstić information content (AvgIpc) is 2.38. The number of benzene rings is 1. The standard InChI is InChI=1S/C17H29NO2S/c1-7-12-18-16(17(4,5)21(6,19)20)15-10-8-14(9-11-15)13(2)3/h8-11,13,16,18H,7,12H2,1-6H3. The average molecular weight is 311 g/mol. The minimum atomic E-state index is -3.17. The van der Waals surface area contributed by atoms with Crippen LogP contribution in [0.5, 0.6) is 0 Å². The quantitative estimate of drug-likeness (QED) is 0.835. The van der Waals surface area contributed by atoms with Crippen molar-refractivity contribution in [1.82, 2.24) is 5.32 Å². The summed E-state index contributed by atoms with van der Waals surface area (Å²) in [5, 5.41) is 3.40. The van der Waals surface area contributed by atoms with E-state index in [-0.39, 0.29) is 6.04 Å². The molecule has 21 heavy (non-hydrogen) atoms. The van der Waals surface area contributed by atoms with E-state index in [4.69, 9.17) is 0 Å². The van der Waals surface area contributed by atoms with E-state index >= 15 is 0 Å². The number of rotatable bonds is 7. The van der Waals surface area contributed by atoms with Crippen LogP contribution >= 0.6 is 0 Å². The summed E-state index contributed by atoms with van der Waals surface area (Å²) in [6, 6.07) is 8.09. The molecule has 0 aliphatic rings. The lowest BCUT2D eigenvalue weighted by Crippen LogP contribution is -2.45. The van der Waals surface area contributed by atoms with Crippen molar-refractivity contribution in [2.24, 2.45) is 0 Å². The van der Waals surface area contributed by atoms with Gasteiger partial charge in [0, 0.05) is 6.26 Å². The third-order valence-corrected chi connectivity index (χ3v) is 6.33. The molecule has 0 aliphatic carbocycles. The molecular weight excluding hydrogens is 282 g/mol. The second-order valence-electron chi connectivity index (χ2n) is 6.58. The van der Waals surface area contributed by atoms with Gasteiger partial charge in [-0.05, 0) is 43.9 Å². The first-order valence-corrected chi connectivity index (χ1v) is 9.53. The first kappa shape index (κ1) is 18.2. The Labute approximate surface area is 130 Å². The van der Waals surface area contributed by atoms with Crippen LogP contribution in [0.3, 0.4) is 0 Å². The topological polar surface area (TPSA) is 46.2 Å². The molecule has 0 saturated carbocycles. The third-order valence-electron chi connectivity index (χ3n) is 4.19. The minimum Gasteiger partial charge on any atom is -0.309 e. The van der Waals surface area contributed by atoms with Crippen LogP contribution in [0.4, 0.5) is 0 Å². The molecule has 0 saturated heterocycles. The number of hydrogen-bond acceptors (Lipinski definition) is 3. The van der Waals surface area contributed by atoms with Crippen LogP contribution in [0.25, 0.3) is 0 Å². The molecule has 0 aliphatic heterocycles. The molecule has 4 heteroatoms. The van der Waals surface area contributed by atoms with Crippen molar-refractivity contribution in [2.75, 3.05) is 12.8 Å². The van der Waals surface area contributed by atoms with Crippen molar-refractivity contribution in [2.45, 2.75) is 57.7 Å². The highest BCUT2D eigenvalue weighted by molar-refractivity contribution is 7.92. The smallest absolute Gasteiger partial charge is 0.154 e. The molecule has 0 amide bonds. The normalized spacial score (nSPS) is 14.4. The highest BCUT2D eigenvalue weighted by Crippen LogP contribution is 2.32. The maximum absolute atomic E-state index is 12.2. The maximum atomic E-state index is 12.2. The predicted molar refractivity (Wildman–Crippen MR) is 90.5 cm³/mol. The Morgan fingerprint density at radius 2 is 1.57 bits per heavy atom. The second-order valence-corrected chi connectivity index (χ2v) is 9.18. The molecular formula is C17H29NO2S. The van der Waals surface area contributed by atoms with E-state index in [1.54, 1.807) is 13.8 Å². The summed E-state index contributed by atoms with van der Waals surface area (Å²) >= 11 is 0. The van der Waals surface area contributed by atoms with Gasteiger partial charge in [-0.3, -0.25) is 0 Å². The summed E-state index contributed by atoms with van der Waals surface area (Å²) in [5.41, 5.74) is 2.30. The van der Waals surface area contributed by atoms with Gasteiger partial charge in [0.15, 0.2) is 9.84 Å². The zero-order chi connectivity index (χ0) is 16.3. The molecule has 0 fully saturated rings. The highest BCUT2D eigenvalue weighted by atomic mass is 32.2. The fourth-order valence-electron chi connectivity index (χ4n) is 2.34. The highest BCUT2D eigenvalue weighted by Gasteiger charge is 2.39. The number of hydrogen-bond donors (Lipinski definition) is 1. The largest absolute Gasteiger partial charge is 0.309 e. The van der Waals surface area contributed by atoms with Gasteiger partial charge in [-0.2, -0.15) is 0 Å². The van der Waals surface area contributed by atoms with E-state index in [0.717, 1.165) is 18.5 Å². The summed E-state index contributed by atoms with van der Waals surface area (Å²) < 4.78 is 23.5. The molecule has 1 rings (SSSR count). The zero-order valence-corrected chi connectivity index (χ0v) is 14.9. The lowest BCUT2D eigenvalue weighted by molar-refractivity contribution is 0.420. The van der Waals surface area contributed by atoms with Crippen molar-refractivity contribution in [1.29, 1.82) is 0 Å². The summed E-state index contributed by atoms with van der Waals surface area (Å²) in [7, 11) is -3.17. The van der Waals surface area contributed by atoms with E-state index < -0.39 is 14.6 Å². The van der Waals surface area contributed by atoms with Gasteiger partial charge in [0.1, 0.15) is 0 Å². The summed E-state index contributed by atoms with van der Waals surface area (Å²) in [6.45, 7) is 10.8. The molecule has 0 radical (unpaired) electrons. The molecule has 1 aromatic rings. The first-order chi connectivity index (χ1) is 9.61. The Kier molecular flexibility index (Phi) is 6.00. The second kappa shape index (κ2) is 6.93. The SMILES string of the molecule is CCCNC(c1ccc(C(C)C)cc1)C(C)(C)S(C)(=O)=O. The van der Waals surface area contributed by atoms with Gasteiger partial charge in [0.2, 0.25) is 0 Å². The van der Waals surface area contributed by atoms with Crippen molar-refractivity contribution >= 4 is 9.84 Å². The number of nitrogens with one attached hydrogen (secondary N) is 1. The van der Waals surface area contributed by atoms with Crippen LogP contribution in [-0.4, -0.2) is 26.0 Å². The van der Waals surface area contributed by atoms with Gasteiger partial charge in [-0.25, -0.2) is 8.42 Å². The van der Waals surface area contributed by atoms with E-state index in [0.29, 0.717) is 5.92 Å². The van der Waals surface area contributed by atoms with Crippen molar-refractivity contribution in [3.8, 4) is 0 Å². The van der Waals surface area contributed by atoms with Gasteiger partial charge in [0.25, 0.3) is 0 Å². The van der Waals surface area contributed by atoms with Crippen LogP contribution in [0, 0.1) is 0 Å². The molecule has 1 N–H and O–H groups in total. The minimum absolute atomic E-state index is 0.200. The fourth-order valence-corrected chi connectivity index (χ4v) is 2.99. The molecule has 1 unspecified atom stereocenters. The Morgan fingerprint density at radius 1 is 1.10 bits per heavy atom. The van der Waals surface area contributed by atoms with Crippen LogP contribution in [0.2, 0.25) is 0 Å². The van der Waals surface area contributed by atoms with Gasteiger partial charge in [-0.15, -0.1) is 0 Å². The molecule has 0 bridgehead atoms. The van der Waals surface area contributed by atoms with Crippen molar-refractivity contribution in [3.63, 3.8) is 0 Å². The Morgan fingerprint density at radius 3 is 1.95 bits per heavy atom. The van der Waals surface area contributed by atoms with Crippen LogP contribution < -0.4 is 5.32 Å². The monoisotopic (exact) mass is 311 g/mol. The Hall–Kier alpha value is -0.870. The maximum Gasteiger partial charge on any atom is 0.154 e. The molecule has 120 valence electrons. The van der Waals surface area contributed by atoms with Crippen LogP contribution in [0.1, 0.15) is 64.1 Å². The molecule has 3 nitrogen and oxygen atoms in total. The van der Waals surface area contributed by atoms with Gasteiger partial charge in [0.05, 0.1) is 10.8 Å². The molecule has 0 spiro atoms. The molecule has 0 aromatic heterocycles. The lowest BCUT2D eigenvalue weighted by Gasteiger charge is -2.34. The molecule has 1 atom stereocenters. The van der Waals surface area contributed by atoms with E-state index in [9.17, 15) is 8.42 Å². The van der Waals surface area contributed by atoms with Crippen molar-refractivity contribution < 1.29 is 8.42 Å². The van der Waals surface area contributed by atoms with Crippen LogP contribution in [-0.2, 0) is 9.84 Å². The molecule has 1 aromatic carbocycles. The first-order valence-electron chi connectivity index (χ1n) is 7.64. The van der Waals surface area contributed by atoms with E-state index in [2.05, 4.69) is 50.4 Å². The van der Waals surface area contributed by atoms with Crippen molar-refractivity contribution in [3.05, 3.63) is 35.4 Å². The van der Waals surface area contributed by atoms with E-state index in [1.165, 1.54) is 11.8 Å². The van der Waals surface area contributed by atoms with Gasteiger partial charge >= 0.3 is 0 Å². The van der Waals surface area contributed by atoms with Gasteiger partial charge < -0.3 is 5.32 Å². The Balaban J connectivity index is 3.19. The number of sulfone groups is 1. The lowest BCUT2D eigenvalue weighted by atomic mass is 9.92. The van der Waals surface area contributed by atoms with Crippen LogP contribution in [0.15, 0.2) is 24.3 Å². The summed E-state index contributed by atoms with van der Waals surface area (Å²) in [4.78, 5) is 0. The fraction of sp³-hybridized carbons (Fsp3) is 0.647. The third kappa shape index (κ3) is 4.30. The van der Waals surface area contributed by atoms with Gasteiger partial charge in [-0.1, -0.05) is 45.0 Å². The van der Waals surface area contributed by atoms with E-state index in [1.807, 2.05) is 0 Å². The summed E-state index contributed by atoms with van der Waals surface area (Å²) in [6.07, 6.45) is 2.29. The predicted octanol–water partition coefficient (Wildman–Crippen LogP) is 3.67. The summed E-state index contributed by atoms with van der Waals surface area (Å²) in [5.74, 6) is 0.476.